The summed E-state index contributed by atoms with van der Waals surface area (Å²) in [5.41, 5.74) is 0.333. The van der Waals surface area contributed by atoms with E-state index in [1.54, 1.807) is 27.7 Å². The third-order valence-electron chi connectivity index (χ3n) is 3.34. The number of amides is 2. The Bertz CT molecular complexity index is 627. The highest BCUT2D eigenvalue weighted by Gasteiger charge is 2.24. The van der Waals surface area contributed by atoms with Crippen molar-refractivity contribution >= 4 is 18.0 Å². The Kier molecular flexibility index (Phi) is 8.74. The molecule has 8 nitrogen and oxygen atoms in total. The van der Waals surface area contributed by atoms with Crippen LogP contribution in [-0.2, 0) is 25.7 Å². The van der Waals surface area contributed by atoms with Gasteiger partial charge >= 0.3 is 18.0 Å². The summed E-state index contributed by atoms with van der Waals surface area (Å²) in [6.45, 7) is 7.54. The molecule has 0 saturated carbocycles. The van der Waals surface area contributed by atoms with Gasteiger partial charge < -0.3 is 24.8 Å². The van der Waals surface area contributed by atoms with Crippen LogP contribution in [0.15, 0.2) is 30.3 Å². The van der Waals surface area contributed by atoms with Crippen molar-refractivity contribution in [2.45, 2.75) is 45.9 Å². The number of ether oxygens (including phenoxy) is 2. The summed E-state index contributed by atoms with van der Waals surface area (Å²) in [6.07, 6.45) is -0.627. The Labute approximate surface area is 159 Å². The van der Waals surface area contributed by atoms with E-state index in [1.165, 1.54) is 0 Å². The first-order valence-corrected chi connectivity index (χ1v) is 8.72. The zero-order valence-corrected chi connectivity index (χ0v) is 16.2. The fraction of sp³-hybridized carbons (Fsp3) is 0.526. The molecule has 0 aliphatic carbocycles. The molecule has 0 aliphatic heterocycles. The van der Waals surface area contributed by atoms with Gasteiger partial charge in [0, 0.05) is 19.1 Å². The normalized spacial score (nSPS) is 12.1. The van der Waals surface area contributed by atoms with Crippen molar-refractivity contribution < 1.29 is 29.0 Å². The van der Waals surface area contributed by atoms with Gasteiger partial charge in [-0.05, 0) is 33.3 Å². The monoisotopic (exact) mass is 380 g/mol. The largest absolute Gasteiger partial charge is 0.474 e. The number of benzene rings is 1. The predicted octanol–water partition coefficient (Wildman–Crippen LogP) is 2.03. The summed E-state index contributed by atoms with van der Waals surface area (Å²) in [5, 5.41) is 11.6. The lowest BCUT2D eigenvalue weighted by Crippen LogP contribution is -2.48. The third kappa shape index (κ3) is 9.60. The van der Waals surface area contributed by atoms with Gasteiger partial charge in [-0.25, -0.2) is 9.59 Å². The number of hydrogen-bond donors (Lipinski definition) is 2. The smallest absolute Gasteiger partial charge is 0.407 e. The fourth-order valence-electron chi connectivity index (χ4n) is 2.23. The Morgan fingerprint density at radius 3 is 2.37 bits per heavy atom. The molecule has 1 atom stereocenters. The van der Waals surface area contributed by atoms with E-state index in [9.17, 15) is 14.4 Å². The molecule has 2 amide bonds. The lowest BCUT2D eigenvalue weighted by Gasteiger charge is -2.26. The first-order chi connectivity index (χ1) is 12.6. The van der Waals surface area contributed by atoms with Gasteiger partial charge in [-0.3, -0.25) is 4.79 Å². The van der Waals surface area contributed by atoms with Crippen LogP contribution in [0.3, 0.4) is 0 Å². The molecule has 0 spiro atoms. The van der Waals surface area contributed by atoms with Crippen LogP contribution in [0.4, 0.5) is 4.79 Å². The lowest BCUT2D eigenvalue weighted by atomic mass is 10.2. The van der Waals surface area contributed by atoms with E-state index in [2.05, 4.69) is 5.32 Å². The number of rotatable bonds is 8. The van der Waals surface area contributed by atoms with Crippen LogP contribution in [0.2, 0.25) is 0 Å². The van der Waals surface area contributed by atoms with Gasteiger partial charge in [0.2, 0.25) is 0 Å². The van der Waals surface area contributed by atoms with Gasteiger partial charge in [-0.2, -0.15) is 0 Å². The number of carbonyl (C=O) groups excluding carboxylic acids is 2. The Hall–Kier alpha value is -2.61. The van der Waals surface area contributed by atoms with Gasteiger partial charge in [0.25, 0.3) is 0 Å². The van der Waals surface area contributed by atoms with Crippen LogP contribution < -0.4 is 5.32 Å². The first kappa shape index (κ1) is 22.4. The SMILES string of the molecule is C[C@@H](CN(CCOCc1ccccc1)C(=O)C(=O)O)NC(=O)OC(C)(C)C. The molecule has 0 bridgehead atoms. The number of carboxylic acid groups (broad SMARTS) is 1. The molecular weight excluding hydrogens is 352 g/mol. The summed E-state index contributed by atoms with van der Waals surface area (Å²) in [6, 6.07) is 9.01. The summed E-state index contributed by atoms with van der Waals surface area (Å²) < 4.78 is 10.7. The molecule has 2 N–H and O–H groups in total. The molecule has 0 saturated heterocycles. The molecule has 0 radical (unpaired) electrons. The molecule has 150 valence electrons. The predicted molar refractivity (Wildman–Crippen MR) is 99.1 cm³/mol. The van der Waals surface area contributed by atoms with Crippen LogP contribution in [-0.4, -0.2) is 59.3 Å². The van der Waals surface area contributed by atoms with Crippen LogP contribution in [0.1, 0.15) is 33.3 Å². The maximum absolute atomic E-state index is 11.9. The molecule has 0 unspecified atom stereocenters. The topological polar surface area (TPSA) is 105 Å². The molecule has 0 aliphatic rings. The summed E-state index contributed by atoms with van der Waals surface area (Å²) >= 11 is 0. The van der Waals surface area contributed by atoms with E-state index < -0.39 is 29.6 Å². The highest BCUT2D eigenvalue weighted by atomic mass is 16.6. The number of alkyl carbamates (subject to hydrolysis) is 1. The zero-order valence-electron chi connectivity index (χ0n) is 16.2. The number of carbonyl (C=O) groups is 3. The van der Waals surface area contributed by atoms with E-state index >= 15 is 0 Å². The van der Waals surface area contributed by atoms with Crippen molar-refractivity contribution in [2.75, 3.05) is 19.7 Å². The zero-order chi connectivity index (χ0) is 20.4. The quantitative estimate of drug-likeness (QED) is 0.528. The maximum Gasteiger partial charge on any atom is 0.407 e. The van der Waals surface area contributed by atoms with E-state index in [-0.39, 0.29) is 19.7 Å². The van der Waals surface area contributed by atoms with E-state index in [4.69, 9.17) is 14.6 Å². The van der Waals surface area contributed by atoms with E-state index in [0.29, 0.717) is 6.61 Å². The van der Waals surface area contributed by atoms with Crippen molar-refractivity contribution in [3.05, 3.63) is 35.9 Å². The average molecular weight is 380 g/mol. The highest BCUT2D eigenvalue weighted by molar-refractivity contribution is 6.31. The molecule has 1 aromatic rings. The van der Waals surface area contributed by atoms with Gasteiger partial charge in [-0.15, -0.1) is 0 Å². The molecule has 27 heavy (non-hydrogen) atoms. The van der Waals surface area contributed by atoms with E-state index in [0.717, 1.165) is 10.5 Å². The maximum atomic E-state index is 11.9. The first-order valence-electron chi connectivity index (χ1n) is 8.72. The van der Waals surface area contributed by atoms with Gasteiger partial charge in [-0.1, -0.05) is 30.3 Å². The second-order valence-corrected chi connectivity index (χ2v) is 7.14. The molecule has 0 fully saturated rings. The van der Waals surface area contributed by atoms with Crippen LogP contribution >= 0.6 is 0 Å². The van der Waals surface area contributed by atoms with Crippen LogP contribution in [0.25, 0.3) is 0 Å². The highest BCUT2D eigenvalue weighted by Crippen LogP contribution is 2.07. The third-order valence-corrected chi connectivity index (χ3v) is 3.34. The molecule has 1 aromatic carbocycles. The van der Waals surface area contributed by atoms with Crippen molar-refractivity contribution in [3.8, 4) is 0 Å². The number of nitrogens with one attached hydrogen (secondary N) is 1. The fourth-order valence-corrected chi connectivity index (χ4v) is 2.23. The number of carboxylic acids is 1. The van der Waals surface area contributed by atoms with E-state index in [1.807, 2.05) is 30.3 Å². The van der Waals surface area contributed by atoms with Crippen molar-refractivity contribution in [1.29, 1.82) is 0 Å². The number of hydrogen-bond acceptors (Lipinski definition) is 5. The summed E-state index contributed by atoms with van der Waals surface area (Å²) in [5.74, 6) is -2.60. The minimum Gasteiger partial charge on any atom is -0.474 e. The summed E-state index contributed by atoms with van der Waals surface area (Å²) in [7, 11) is 0. The van der Waals surface area contributed by atoms with Crippen molar-refractivity contribution in [3.63, 3.8) is 0 Å². The second kappa shape index (κ2) is 10.5. The number of nitrogens with zero attached hydrogens (tertiary/aromatic N) is 1. The number of aliphatic carboxylic acids is 1. The molecule has 8 heteroatoms. The van der Waals surface area contributed by atoms with Crippen LogP contribution in [0.5, 0.6) is 0 Å². The van der Waals surface area contributed by atoms with Crippen molar-refractivity contribution in [1.82, 2.24) is 10.2 Å². The Morgan fingerprint density at radius 1 is 1.19 bits per heavy atom. The molecule has 1 rings (SSSR count). The molecular formula is C19H28N2O6. The standard InChI is InChI=1S/C19H28N2O6/c1-14(20-18(25)27-19(2,3)4)12-21(16(22)17(23)24)10-11-26-13-15-8-6-5-7-9-15/h5-9,14H,10-13H2,1-4H3,(H,20,25)(H,23,24)/t14-/m0/s1. The molecule has 0 heterocycles. The van der Waals surface area contributed by atoms with Crippen molar-refractivity contribution in [2.24, 2.45) is 0 Å². The Morgan fingerprint density at radius 2 is 1.81 bits per heavy atom. The Balaban J connectivity index is 2.52. The van der Waals surface area contributed by atoms with Gasteiger partial charge in [0.1, 0.15) is 5.60 Å². The van der Waals surface area contributed by atoms with Gasteiger partial charge in [0.15, 0.2) is 0 Å². The van der Waals surface area contributed by atoms with Gasteiger partial charge in [0.05, 0.1) is 13.2 Å². The molecule has 0 aromatic heterocycles. The second-order valence-electron chi connectivity index (χ2n) is 7.14. The average Bonchev–Trinajstić information content (AvgIpc) is 2.55. The lowest BCUT2D eigenvalue weighted by molar-refractivity contribution is -0.156. The summed E-state index contributed by atoms with van der Waals surface area (Å²) in [4.78, 5) is 35.9. The minimum absolute atomic E-state index is 0.0269. The minimum atomic E-state index is -1.55. The van der Waals surface area contributed by atoms with Crippen LogP contribution in [0, 0.1) is 0 Å².